The molecule has 2 amide bonds. The number of aromatic nitrogens is 3. The van der Waals surface area contributed by atoms with Crippen LogP contribution in [0.3, 0.4) is 0 Å². The van der Waals surface area contributed by atoms with E-state index in [0.717, 1.165) is 5.56 Å². The van der Waals surface area contributed by atoms with Gasteiger partial charge in [-0.1, -0.05) is 47.1 Å². The smallest absolute Gasteiger partial charge is 0.251 e. The van der Waals surface area contributed by atoms with Gasteiger partial charge in [0.05, 0.1) is 11.8 Å². The average molecular weight is 444 g/mol. The van der Waals surface area contributed by atoms with Crippen LogP contribution in [0.5, 0.6) is 0 Å². The molecule has 2 N–H and O–H groups in total. The Morgan fingerprint density at radius 1 is 1.17 bits per heavy atom. The maximum Gasteiger partial charge on any atom is 0.251 e. The molecule has 0 saturated carbocycles. The molecule has 0 saturated heterocycles. The number of nitrogens with one attached hydrogen (secondary N) is 2. The maximum atomic E-state index is 12.5. The first kappa shape index (κ1) is 21.9. The Balaban J connectivity index is 1.58. The fourth-order valence-corrected chi connectivity index (χ4v) is 3.76. The molecule has 7 nitrogen and oxygen atoms in total. The van der Waals surface area contributed by atoms with Gasteiger partial charge in [-0.25, -0.2) is 0 Å². The Labute approximate surface area is 184 Å². The molecular formula is C21H22ClN5O2S. The minimum atomic E-state index is -0.342. The summed E-state index contributed by atoms with van der Waals surface area (Å²) >= 11 is 7.19. The van der Waals surface area contributed by atoms with Crippen molar-refractivity contribution < 1.29 is 9.59 Å². The van der Waals surface area contributed by atoms with Crippen LogP contribution in [-0.4, -0.2) is 32.3 Å². The van der Waals surface area contributed by atoms with E-state index >= 15 is 0 Å². The molecule has 1 atom stereocenters. The number of carbonyl (C=O) groups excluding carboxylic acids is 2. The molecule has 3 rings (SSSR count). The molecule has 0 aliphatic rings. The third-order valence-corrected chi connectivity index (χ3v) is 5.58. The van der Waals surface area contributed by atoms with Gasteiger partial charge in [0, 0.05) is 23.3 Å². The highest BCUT2D eigenvalue weighted by atomic mass is 35.5. The van der Waals surface area contributed by atoms with Crippen LogP contribution in [0, 0.1) is 6.92 Å². The number of halogens is 1. The van der Waals surface area contributed by atoms with E-state index in [1.807, 2.05) is 39.1 Å². The predicted molar refractivity (Wildman–Crippen MR) is 119 cm³/mol. The first-order chi connectivity index (χ1) is 14.3. The number of amides is 2. The monoisotopic (exact) mass is 443 g/mol. The summed E-state index contributed by atoms with van der Waals surface area (Å²) in [5, 5.41) is 15.2. The van der Waals surface area contributed by atoms with Crippen LogP contribution in [0.25, 0.3) is 0 Å². The van der Waals surface area contributed by atoms with Crippen LogP contribution in [0.1, 0.15) is 34.7 Å². The number of nitrogens with zero attached hydrogens (tertiary/aromatic N) is 3. The van der Waals surface area contributed by atoms with Crippen molar-refractivity contribution in [2.45, 2.75) is 25.0 Å². The average Bonchev–Trinajstić information content (AvgIpc) is 3.07. The summed E-state index contributed by atoms with van der Waals surface area (Å²) in [6.07, 6.45) is 0. The molecular weight excluding hydrogens is 422 g/mol. The van der Waals surface area contributed by atoms with E-state index < -0.39 is 0 Å². The van der Waals surface area contributed by atoms with Gasteiger partial charge in [0.25, 0.3) is 5.91 Å². The van der Waals surface area contributed by atoms with E-state index in [0.29, 0.717) is 27.3 Å². The second kappa shape index (κ2) is 9.77. The number of hydrogen-bond donors (Lipinski definition) is 2. The summed E-state index contributed by atoms with van der Waals surface area (Å²) in [6.45, 7) is 3.78. The highest BCUT2D eigenvalue weighted by Crippen LogP contribution is 2.20. The van der Waals surface area contributed by atoms with Crippen molar-refractivity contribution >= 4 is 40.9 Å². The zero-order valence-electron chi connectivity index (χ0n) is 16.8. The quantitative estimate of drug-likeness (QED) is 0.539. The Morgan fingerprint density at radius 3 is 2.67 bits per heavy atom. The number of anilines is 1. The summed E-state index contributed by atoms with van der Waals surface area (Å²) in [6, 6.07) is 14.0. The zero-order valence-corrected chi connectivity index (χ0v) is 18.4. The van der Waals surface area contributed by atoms with E-state index in [9.17, 15) is 9.59 Å². The minimum absolute atomic E-state index is 0.169. The lowest BCUT2D eigenvalue weighted by molar-refractivity contribution is -0.113. The van der Waals surface area contributed by atoms with Gasteiger partial charge in [-0.3, -0.25) is 9.59 Å². The van der Waals surface area contributed by atoms with Gasteiger partial charge in [-0.2, -0.15) is 0 Å². The van der Waals surface area contributed by atoms with Crippen LogP contribution in [-0.2, 0) is 11.8 Å². The number of thioether (sulfide) groups is 1. The Hall–Kier alpha value is -2.84. The molecule has 30 heavy (non-hydrogen) atoms. The fraction of sp³-hybridized carbons (Fsp3) is 0.238. The molecule has 156 valence electrons. The van der Waals surface area contributed by atoms with Crippen molar-refractivity contribution in [3.8, 4) is 0 Å². The van der Waals surface area contributed by atoms with E-state index in [-0.39, 0.29) is 23.6 Å². The summed E-state index contributed by atoms with van der Waals surface area (Å²) in [7, 11) is 1.81. The lowest BCUT2D eigenvalue weighted by Gasteiger charge is -2.14. The maximum absolute atomic E-state index is 12.5. The summed E-state index contributed by atoms with van der Waals surface area (Å²) in [5.41, 5.74) is 2.25. The number of benzene rings is 2. The molecule has 0 unspecified atom stereocenters. The van der Waals surface area contributed by atoms with Crippen LogP contribution in [0.4, 0.5) is 5.69 Å². The molecule has 0 radical (unpaired) electrons. The summed E-state index contributed by atoms with van der Waals surface area (Å²) < 4.78 is 1.78. The summed E-state index contributed by atoms with van der Waals surface area (Å²) in [4.78, 5) is 24.7. The van der Waals surface area contributed by atoms with E-state index in [1.54, 1.807) is 34.9 Å². The fourth-order valence-electron chi connectivity index (χ4n) is 2.85. The van der Waals surface area contributed by atoms with Crippen molar-refractivity contribution in [2.75, 3.05) is 11.1 Å². The van der Waals surface area contributed by atoms with Gasteiger partial charge in [-0.15, -0.1) is 10.2 Å². The van der Waals surface area contributed by atoms with E-state index in [4.69, 9.17) is 11.6 Å². The molecule has 0 fully saturated rings. The van der Waals surface area contributed by atoms with Gasteiger partial charge in [-0.05, 0) is 44.2 Å². The normalized spacial score (nSPS) is 11.7. The van der Waals surface area contributed by atoms with Crippen molar-refractivity contribution in [1.29, 1.82) is 0 Å². The van der Waals surface area contributed by atoms with Gasteiger partial charge >= 0.3 is 0 Å². The second-order valence-corrected chi connectivity index (χ2v) is 8.19. The van der Waals surface area contributed by atoms with Crippen LogP contribution in [0.2, 0.25) is 5.02 Å². The molecule has 0 bridgehead atoms. The number of hydrogen-bond acceptors (Lipinski definition) is 5. The Bertz CT molecular complexity index is 1070. The van der Waals surface area contributed by atoms with Crippen molar-refractivity contribution in [2.24, 2.45) is 7.05 Å². The Kier molecular flexibility index (Phi) is 7.12. The van der Waals surface area contributed by atoms with Crippen molar-refractivity contribution in [1.82, 2.24) is 20.1 Å². The van der Waals surface area contributed by atoms with Gasteiger partial charge in [0.2, 0.25) is 5.91 Å². The SMILES string of the molecule is Cc1cccc(C(=O)N[C@H](C)c2nnc(SCC(=O)Nc3cccc(Cl)c3)n2C)c1. The zero-order chi connectivity index (χ0) is 21.7. The van der Waals surface area contributed by atoms with Crippen LogP contribution < -0.4 is 10.6 Å². The molecule has 0 aliphatic heterocycles. The van der Waals surface area contributed by atoms with Gasteiger partial charge < -0.3 is 15.2 Å². The largest absolute Gasteiger partial charge is 0.342 e. The van der Waals surface area contributed by atoms with E-state index in [2.05, 4.69) is 20.8 Å². The first-order valence-corrected chi connectivity index (χ1v) is 10.6. The standard InChI is InChI=1S/C21H22ClN5O2S/c1-13-6-4-7-15(10-13)20(29)23-14(2)19-25-26-21(27(19)3)30-12-18(28)24-17-9-5-8-16(22)11-17/h4-11,14H,12H2,1-3H3,(H,23,29)(H,24,28)/t14-/m1/s1. The number of aryl methyl sites for hydroxylation is 1. The first-order valence-electron chi connectivity index (χ1n) is 9.28. The molecule has 3 aromatic rings. The lowest BCUT2D eigenvalue weighted by Crippen LogP contribution is -2.28. The van der Waals surface area contributed by atoms with Crippen LogP contribution >= 0.6 is 23.4 Å². The summed E-state index contributed by atoms with van der Waals surface area (Å²) in [5.74, 6) is 0.424. The molecule has 9 heteroatoms. The minimum Gasteiger partial charge on any atom is -0.342 e. The van der Waals surface area contributed by atoms with E-state index in [1.165, 1.54) is 11.8 Å². The van der Waals surface area contributed by atoms with Crippen LogP contribution in [0.15, 0.2) is 53.7 Å². The molecule has 1 heterocycles. The topological polar surface area (TPSA) is 88.9 Å². The second-order valence-electron chi connectivity index (χ2n) is 6.81. The van der Waals surface area contributed by atoms with Crippen molar-refractivity contribution in [3.05, 3.63) is 70.5 Å². The lowest BCUT2D eigenvalue weighted by atomic mass is 10.1. The molecule has 0 aliphatic carbocycles. The highest BCUT2D eigenvalue weighted by molar-refractivity contribution is 7.99. The van der Waals surface area contributed by atoms with Gasteiger partial charge in [0.15, 0.2) is 11.0 Å². The number of carbonyl (C=O) groups is 2. The predicted octanol–water partition coefficient (Wildman–Crippen LogP) is 4.00. The van der Waals surface area contributed by atoms with Crippen molar-refractivity contribution in [3.63, 3.8) is 0 Å². The van der Waals surface area contributed by atoms with Gasteiger partial charge in [0.1, 0.15) is 0 Å². The number of rotatable bonds is 7. The highest BCUT2D eigenvalue weighted by Gasteiger charge is 2.19. The Morgan fingerprint density at radius 2 is 1.93 bits per heavy atom. The third-order valence-electron chi connectivity index (χ3n) is 4.32. The third kappa shape index (κ3) is 5.61. The molecule has 1 aromatic heterocycles. The molecule has 0 spiro atoms. The molecule has 2 aromatic carbocycles.